The summed E-state index contributed by atoms with van der Waals surface area (Å²) in [5, 5.41) is 25.0. The summed E-state index contributed by atoms with van der Waals surface area (Å²) in [7, 11) is 0. The zero-order chi connectivity index (χ0) is 19.4. The molecule has 1 saturated heterocycles. The van der Waals surface area contributed by atoms with Crippen molar-refractivity contribution in [3.05, 3.63) is 53.0 Å². The molecule has 8 nitrogen and oxygen atoms in total. The molecule has 4 N–H and O–H groups in total. The van der Waals surface area contributed by atoms with Gasteiger partial charge in [-0.05, 0) is 41.9 Å². The average Bonchev–Trinajstić information content (AvgIpc) is 3.30. The van der Waals surface area contributed by atoms with Gasteiger partial charge < -0.3 is 20.4 Å². The molecule has 0 spiro atoms. The van der Waals surface area contributed by atoms with Crippen LogP contribution in [0, 0.1) is 5.92 Å². The van der Waals surface area contributed by atoms with Crippen LogP contribution in [0.3, 0.4) is 0 Å². The Labute approximate surface area is 165 Å². The Morgan fingerprint density at radius 2 is 2.07 bits per heavy atom. The van der Waals surface area contributed by atoms with Gasteiger partial charge in [0.15, 0.2) is 5.11 Å². The van der Waals surface area contributed by atoms with Gasteiger partial charge in [0.2, 0.25) is 0 Å². The number of amides is 2. The highest BCUT2D eigenvalue weighted by Gasteiger charge is 2.50. The number of carbonyl (C=O) groups excluding carboxylic acids is 1. The molecule has 142 valence electrons. The SMILES string of the molecule is O=C(NC(=S)N[C@@]1(c2ccns2)CN(C(=O)O)C[C@H]1CO)c1ccccc1. The van der Waals surface area contributed by atoms with Crippen LogP contribution in [-0.2, 0) is 5.54 Å². The average molecular weight is 406 g/mol. The number of likely N-dealkylation sites (tertiary alicyclic amines) is 1. The van der Waals surface area contributed by atoms with Crippen molar-refractivity contribution in [2.45, 2.75) is 5.54 Å². The molecule has 2 aromatic rings. The molecule has 2 atom stereocenters. The molecule has 0 bridgehead atoms. The van der Waals surface area contributed by atoms with Gasteiger partial charge in [-0.25, -0.2) is 9.17 Å². The van der Waals surface area contributed by atoms with Gasteiger partial charge in [-0.1, -0.05) is 18.2 Å². The van der Waals surface area contributed by atoms with Crippen LogP contribution < -0.4 is 10.6 Å². The summed E-state index contributed by atoms with van der Waals surface area (Å²) in [6.45, 7) is -0.0208. The fraction of sp³-hybridized carbons (Fsp3) is 0.294. The van der Waals surface area contributed by atoms with Gasteiger partial charge >= 0.3 is 6.09 Å². The van der Waals surface area contributed by atoms with Gasteiger partial charge in [-0.15, -0.1) is 0 Å². The van der Waals surface area contributed by atoms with Crippen molar-refractivity contribution in [2.24, 2.45) is 5.92 Å². The molecule has 0 unspecified atom stereocenters. The van der Waals surface area contributed by atoms with E-state index in [0.717, 1.165) is 4.88 Å². The molecule has 0 radical (unpaired) electrons. The highest BCUT2D eigenvalue weighted by molar-refractivity contribution is 7.80. The number of hydrogen-bond donors (Lipinski definition) is 4. The lowest BCUT2D eigenvalue weighted by Gasteiger charge is -2.34. The number of thiocarbonyl (C=S) groups is 1. The van der Waals surface area contributed by atoms with Gasteiger partial charge in [0, 0.05) is 24.2 Å². The van der Waals surface area contributed by atoms with E-state index >= 15 is 0 Å². The van der Waals surface area contributed by atoms with E-state index in [4.69, 9.17) is 12.2 Å². The second kappa shape index (κ2) is 7.99. The van der Waals surface area contributed by atoms with E-state index in [1.54, 1.807) is 42.6 Å². The number of nitrogens with zero attached hydrogens (tertiary/aromatic N) is 2. The summed E-state index contributed by atoms with van der Waals surface area (Å²) in [5.41, 5.74) is -0.513. The van der Waals surface area contributed by atoms with Crippen LogP contribution in [0.15, 0.2) is 42.6 Å². The maximum absolute atomic E-state index is 12.3. The number of aromatic nitrogens is 1. The van der Waals surface area contributed by atoms with Crippen LogP contribution >= 0.6 is 23.8 Å². The molecule has 1 fully saturated rings. The first-order valence-corrected chi connectivity index (χ1v) is 9.33. The topological polar surface area (TPSA) is 115 Å². The standard InChI is InChI=1S/C17H18N4O4S2/c22-9-12-8-21(16(24)25)10-17(12,13-6-7-18-27-13)20-15(26)19-14(23)11-4-2-1-3-5-11/h1-7,12,22H,8-10H2,(H,24,25)(H2,19,20,23,26)/t12-,17-/m0/s1. The number of rotatable bonds is 4. The fourth-order valence-electron chi connectivity index (χ4n) is 3.20. The zero-order valence-corrected chi connectivity index (χ0v) is 15.8. The number of benzene rings is 1. The van der Waals surface area contributed by atoms with Crippen molar-refractivity contribution >= 4 is 40.9 Å². The smallest absolute Gasteiger partial charge is 0.407 e. The maximum Gasteiger partial charge on any atom is 0.407 e. The Bertz CT molecular complexity index is 831. The highest BCUT2D eigenvalue weighted by atomic mass is 32.1. The lowest BCUT2D eigenvalue weighted by molar-refractivity contribution is 0.0974. The van der Waals surface area contributed by atoms with E-state index in [1.807, 2.05) is 0 Å². The molecule has 1 aliphatic heterocycles. The molecular weight excluding hydrogens is 388 g/mol. The third kappa shape index (κ3) is 3.92. The number of carbonyl (C=O) groups is 2. The molecule has 2 amide bonds. The number of aliphatic hydroxyl groups excluding tert-OH is 1. The van der Waals surface area contributed by atoms with Crippen LogP contribution in [0.4, 0.5) is 4.79 Å². The van der Waals surface area contributed by atoms with Crippen LogP contribution in [0.5, 0.6) is 0 Å². The summed E-state index contributed by atoms with van der Waals surface area (Å²) >= 11 is 6.51. The first-order valence-electron chi connectivity index (χ1n) is 8.14. The molecule has 0 saturated carbocycles. The number of nitrogens with one attached hydrogen (secondary N) is 2. The molecule has 0 aliphatic carbocycles. The summed E-state index contributed by atoms with van der Waals surface area (Å²) in [5.74, 6) is -0.818. The summed E-state index contributed by atoms with van der Waals surface area (Å²) in [4.78, 5) is 25.8. The van der Waals surface area contributed by atoms with E-state index in [0.29, 0.717) is 5.56 Å². The Morgan fingerprint density at radius 3 is 2.67 bits per heavy atom. The first-order chi connectivity index (χ1) is 13.0. The van der Waals surface area contributed by atoms with E-state index in [1.165, 1.54) is 16.4 Å². The van der Waals surface area contributed by atoms with Crippen molar-refractivity contribution in [3.8, 4) is 0 Å². The fourth-order valence-corrected chi connectivity index (χ4v) is 4.28. The third-order valence-corrected chi connectivity index (χ3v) is 5.67. The molecule has 2 heterocycles. The first kappa shape index (κ1) is 19.2. The monoisotopic (exact) mass is 406 g/mol. The second-order valence-corrected chi connectivity index (χ2v) is 7.41. The summed E-state index contributed by atoms with van der Waals surface area (Å²) in [6.07, 6.45) is 0.522. The highest BCUT2D eigenvalue weighted by Crippen LogP contribution is 2.38. The molecular formula is C17H18N4O4S2. The third-order valence-electron chi connectivity index (χ3n) is 4.55. The molecule has 1 aliphatic rings. The lowest BCUT2D eigenvalue weighted by atomic mass is 9.86. The maximum atomic E-state index is 12.3. The van der Waals surface area contributed by atoms with Crippen molar-refractivity contribution < 1.29 is 19.8 Å². The predicted octanol–water partition coefficient (Wildman–Crippen LogP) is 1.24. The Morgan fingerprint density at radius 1 is 1.33 bits per heavy atom. The minimum atomic E-state index is -1.08. The number of aliphatic hydroxyl groups is 1. The van der Waals surface area contributed by atoms with Crippen molar-refractivity contribution in [1.82, 2.24) is 19.9 Å². The zero-order valence-electron chi connectivity index (χ0n) is 14.2. The Kier molecular flexibility index (Phi) is 5.68. The van der Waals surface area contributed by atoms with E-state index in [2.05, 4.69) is 15.0 Å². The molecule has 10 heteroatoms. The Hall–Kier alpha value is -2.56. The van der Waals surface area contributed by atoms with E-state index in [9.17, 15) is 19.8 Å². The van der Waals surface area contributed by atoms with Gasteiger partial charge in [-0.3, -0.25) is 10.1 Å². The van der Waals surface area contributed by atoms with Crippen LogP contribution in [-0.4, -0.2) is 56.3 Å². The van der Waals surface area contributed by atoms with Gasteiger partial charge in [0.05, 0.1) is 23.6 Å². The Balaban J connectivity index is 1.83. The van der Waals surface area contributed by atoms with Crippen molar-refractivity contribution in [2.75, 3.05) is 19.7 Å². The second-order valence-electron chi connectivity index (χ2n) is 6.16. The minimum absolute atomic E-state index is 0.0583. The van der Waals surface area contributed by atoms with Crippen LogP contribution in [0.2, 0.25) is 0 Å². The van der Waals surface area contributed by atoms with Crippen molar-refractivity contribution in [3.63, 3.8) is 0 Å². The van der Waals surface area contributed by atoms with Crippen LogP contribution in [0.1, 0.15) is 15.2 Å². The van der Waals surface area contributed by atoms with E-state index < -0.39 is 17.6 Å². The number of carboxylic acid groups (broad SMARTS) is 1. The summed E-state index contributed by atoms with van der Waals surface area (Å²) < 4.78 is 4.09. The number of hydrogen-bond acceptors (Lipinski definition) is 6. The van der Waals surface area contributed by atoms with Gasteiger partial charge in [0.25, 0.3) is 5.91 Å². The largest absolute Gasteiger partial charge is 0.465 e. The van der Waals surface area contributed by atoms with Gasteiger partial charge in [0.1, 0.15) is 0 Å². The normalized spacial score (nSPS) is 21.7. The molecule has 1 aromatic carbocycles. The minimum Gasteiger partial charge on any atom is -0.465 e. The molecule has 3 rings (SSSR count). The predicted molar refractivity (Wildman–Crippen MR) is 104 cm³/mol. The molecule has 27 heavy (non-hydrogen) atoms. The summed E-state index contributed by atoms with van der Waals surface area (Å²) in [6, 6.07) is 10.4. The van der Waals surface area contributed by atoms with Crippen molar-refractivity contribution in [1.29, 1.82) is 0 Å². The van der Waals surface area contributed by atoms with E-state index in [-0.39, 0.29) is 30.7 Å². The van der Waals surface area contributed by atoms with Crippen LogP contribution in [0.25, 0.3) is 0 Å². The quantitative estimate of drug-likeness (QED) is 0.565. The lowest BCUT2D eigenvalue weighted by Crippen LogP contribution is -2.56. The van der Waals surface area contributed by atoms with Gasteiger partial charge in [-0.2, -0.15) is 0 Å². The molecule has 1 aromatic heterocycles.